The zero-order valence-electron chi connectivity index (χ0n) is 21.8. The Balaban J connectivity index is 1.43. The largest absolute Gasteiger partial charge is 0.490 e. The topological polar surface area (TPSA) is 106 Å². The lowest BCUT2D eigenvalue weighted by Gasteiger charge is -2.12. The number of hydrogen-bond acceptors (Lipinski definition) is 6. The van der Waals surface area contributed by atoms with Gasteiger partial charge in [0.25, 0.3) is 11.8 Å². The van der Waals surface area contributed by atoms with Gasteiger partial charge in [0.1, 0.15) is 0 Å². The van der Waals surface area contributed by atoms with Crippen LogP contribution in [0.2, 0.25) is 0 Å². The number of hydrazone groups is 1. The number of amides is 2. The maximum absolute atomic E-state index is 12.9. The predicted molar refractivity (Wildman–Crippen MR) is 157 cm³/mol. The van der Waals surface area contributed by atoms with E-state index < -0.39 is 11.9 Å². The van der Waals surface area contributed by atoms with Crippen LogP contribution in [-0.4, -0.2) is 30.6 Å². The number of hydrogen-bond donors (Lipinski definition) is 2. The summed E-state index contributed by atoms with van der Waals surface area (Å²) in [5.41, 5.74) is 5.52. The molecule has 0 saturated heterocycles. The highest BCUT2D eigenvalue weighted by Crippen LogP contribution is 2.29. The average molecular weight is 600 g/mol. The zero-order chi connectivity index (χ0) is 28.5. The van der Waals surface area contributed by atoms with Gasteiger partial charge < -0.3 is 14.8 Å². The van der Waals surface area contributed by atoms with Gasteiger partial charge in [0, 0.05) is 10.0 Å². The van der Waals surface area contributed by atoms with Crippen molar-refractivity contribution in [1.29, 1.82) is 0 Å². The quantitative estimate of drug-likeness (QED) is 0.100. The Bertz CT molecular complexity index is 1570. The minimum absolute atomic E-state index is 0.249. The predicted octanol–water partition coefficient (Wildman–Crippen LogP) is 6.39. The molecule has 0 atom stereocenters. The fourth-order valence-corrected chi connectivity index (χ4v) is 3.96. The Kier molecular flexibility index (Phi) is 9.43. The normalized spacial score (nSPS) is 10.7. The Morgan fingerprint density at radius 3 is 2.38 bits per heavy atom. The lowest BCUT2D eigenvalue weighted by molar-refractivity contribution is 0.0727. The summed E-state index contributed by atoms with van der Waals surface area (Å²) in [7, 11) is 0. The van der Waals surface area contributed by atoms with Crippen molar-refractivity contribution in [3.05, 3.63) is 123 Å². The first-order valence-electron chi connectivity index (χ1n) is 12.4. The highest BCUT2D eigenvalue weighted by atomic mass is 79.9. The summed E-state index contributed by atoms with van der Waals surface area (Å²) in [6.07, 6.45) is 1.44. The molecule has 0 bridgehead atoms. The van der Waals surface area contributed by atoms with Crippen LogP contribution < -0.4 is 20.2 Å². The molecule has 0 radical (unpaired) electrons. The summed E-state index contributed by atoms with van der Waals surface area (Å²) < 4.78 is 12.1. The summed E-state index contributed by atoms with van der Waals surface area (Å²) in [5, 5.41) is 6.82. The first kappa shape index (κ1) is 28.3. The number of nitrogens with one attached hydrogen (secondary N) is 2. The van der Waals surface area contributed by atoms with Crippen LogP contribution in [0.1, 0.15) is 49.1 Å². The van der Waals surface area contributed by atoms with Crippen molar-refractivity contribution < 1.29 is 23.9 Å². The molecule has 2 N–H and O–H groups in total. The van der Waals surface area contributed by atoms with Gasteiger partial charge in [-0.15, -0.1) is 0 Å². The van der Waals surface area contributed by atoms with Crippen molar-refractivity contribution in [1.82, 2.24) is 5.43 Å². The number of aryl methyl sites for hydroxylation is 1. The van der Waals surface area contributed by atoms with Crippen LogP contribution >= 0.6 is 15.9 Å². The molecule has 0 unspecified atom stereocenters. The lowest BCUT2D eigenvalue weighted by atomic mass is 10.1. The molecule has 2 amide bonds. The third kappa shape index (κ3) is 7.42. The molecular weight excluding hydrogens is 574 g/mol. The molecule has 4 aromatic rings. The van der Waals surface area contributed by atoms with Crippen molar-refractivity contribution in [3.8, 4) is 11.5 Å². The van der Waals surface area contributed by atoms with E-state index in [2.05, 4.69) is 31.8 Å². The Morgan fingerprint density at radius 1 is 0.850 bits per heavy atom. The van der Waals surface area contributed by atoms with Gasteiger partial charge >= 0.3 is 5.97 Å². The fourth-order valence-electron chi connectivity index (χ4n) is 3.70. The number of esters is 1. The first-order chi connectivity index (χ1) is 19.3. The van der Waals surface area contributed by atoms with E-state index >= 15 is 0 Å². The first-order valence-corrected chi connectivity index (χ1v) is 13.2. The van der Waals surface area contributed by atoms with E-state index in [1.54, 1.807) is 84.9 Å². The molecule has 0 aliphatic rings. The van der Waals surface area contributed by atoms with Crippen LogP contribution in [0, 0.1) is 6.92 Å². The van der Waals surface area contributed by atoms with Gasteiger partial charge in [0.2, 0.25) is 0 Å². The Labute approximate surface area is 240 Å². The van der Waals surface area contributed by atoms with E-state index in [1.807, 2.05) is 19.9 Å². The van der Waals surface area contributed by atoms with Gasteiger partial charge in [-0.1, -0.05) is 45.8 Å². The van der Waals surface area contributed by atoms with Crippen LogP contribution in [0.15, 0.2) is 101 Å². The van der Waals surface area contributed by atoms with Gasteiger partial charge in [-0.25, -0.2) is 10.2 Å². The summed E-state index contributed by atoms with van der Waals surface area (Å²) in [4.78, 5) is 38.1. The molecule has 0 fully saturated rings. The van der Waals surface area contributed by atoms with Crippen molar-refractivity contribution in [2.24, 2.45) is 5.10 Å². The van der Waals surface area contributed by atoms with Crippen molar-refractivity contribution in [2.75, 3.05) is 11.9 Å². The third-order valence-electron chi connectivity index (χ3n) is 5.63. The number of para-hydroxylation sites is 1. The van der Waals surface area contributed by atoms with E-state index in [4.69, 9.17) is 9.47 Å². The van der Waals surface area contributed by atoms with E-state index in [1.165, 1.54) is 6.21 Å². The van der Waals surface area contributed by atoms with E-state index in [-0.39, 0.29) is 17.2 Å². The second-order valence-electron chi connectivity index (χ2n) is 8.60. The second kappa shape index (κ2) is 13.3. The average Bonchev–Trinajstić information content (AvgIpc) is 2.95. The highest BCUT2D eigenvalue weighted by molar-refractivity contribution is 9.10. The molecule has 202 valence electrons. The van der Waals surface area contributed by atoms with Crippen molar-refractivity contribution in [2.45, 2.75) is 13.8 Å². The van der Waals surface area contributed by atoms with Gasteiger partial charge in [-0.05, 0) is 86.1 Å². The molecule has 4 rings (SSSR count). The van der Waals surface area contributed by atoms with Gasteiger partial charge in [0.15, 0.2) is 11.5 Å². The molecule has 0 aliphatic carbocycles. The van der Waals surface area contributed by atoms with E-state index in [0.717, 1.165) is 10.0 Å². The molecule has 0 aromatic heterocycles. The monoisotopic (exact) mass is 599 g/mol. The number of halogens is 1. The molecule has 8 nitrogen and oxygen atoms in total. The minimum atomic E-state index is -0.503. The molecule has 4 aromatic carbocycles. The minimum Gasteiger partial charge on any atom is -0.490 e. The number of carbonyl (C=O) groups is 3. The molecule has 0 heterocycles. The van der Waals surface area contributed by atoms with Crippen LogP contribution in [-0.2, 0) is 0 Å². The summed E-state index contributed by atoms with van der Waals surface area (Å²) in [5.74, 6) is -0.714. The molecular formula is C31H26BrN3O5. The standard InChI is InChI=1S/C31H26BrN3O5/c1-3-39-28-18-21(11-16-27(28)40-31(38)23-8-6-7-20(2)17-23)19-33-35-30(37)25-9-4-5-10-26(25)34-29(36)22-12-14-24(32)15-13-22/h4-19H,3H2,1-2H3,(H,34,36)(H,35,37)/b33-19-. The molecule has 0 spiro atoms. The SMILES string of the molecule is CCOc1cc(/C=N\NC(=O)c2ccccc2NC(=O)c2ccc(Br)cc2)ccc1OC(=O)c1cccc(C)c1. The summed E-state index contributed by atoms with van der Waals surface area (Å²) in [6.45, 7) is 4.07. The van der Waals surface area contributed by atoms with Crippen LogP contribution in [0.5, 0.6) is 11.5 Å². The van der Waals surface area contributed by atoms with Crippen LogP contribution in [0.25, 0.3) is 0 Å². The number of nitrogens with zero attached hydrogens (tertiary/aromatic N) is 1. The zero-order valence-corrected chi connectivity index (χ0v) is 23.4. The Morgan fingerprint density at radius 2 is 1.62 bits per heavy atom. The van der Waals surface area contributed by atoms with E-state index in [0.29, 0.717) is 34.7 Å². The molecule has 40 heavy (non-hydrogen) atoms. The van der Waals surface area contributed by atoms with Crippen molar-refractivity contribution in [3.63, 3.8) is 0 Å². The molecule has 0 aliphatic heterocycles. The van der Waals surface area contributed by atoms with E-state index in [9.17, 15) is 14.4 Å². The Hall–Kier alpha value is -4.76. The number of carbonyl (C=O) groups excluding carboxylic acids is 3. The maximum Gasteiger partial charge on any atom is 0.343 e. The lowest BCUT2D eigenvalue weighted by Crippen LogP contribution is -2.21. The summed E-state index contributed by atoms with van der Waals surface area (Å²) >= 11 is 3.34. The summed E-state index contributed by atoms with van der Waals surface area (Å²) in [6, 6.07) is 25.6. The number of rotatable bonds is 9. The highest BCUT2D eigenvalue weighted by Gasteiger charge is 2.15. The van der Waals surface area contributed by atoms with Gasteiger partial charge in [-0.3, -0.25) is 9.59 Å². The van der Waals surface area contributed by atoms with Gasteiger partial charge in [-0.2, -0.15) is 5.10 Å². The van der Waals surface area contributed by atoms with Gasteiger partial charge in [0.05, 0.1) is 29.6 Å². The smallest absolute Gasteiger partial charge is 0.343 e. The third-order valence-corrected chi connectivity index (χ3v) is 6.16. The number of ether oxygens (including phenoxy) is 2. The number of anilines is 1. The van der Waals surface area contributed by atoms with Crippen molar-refractivity contribution >= 4 is 45.6 Å². The fraction of sp³-hybridized carbons (Fsp3) is 0.0968. The van der Waals surface area contributed by atoms with Crippen LogP contribution in [0.3, 0.4) is 0 Å². The van der Waals surface area contributed by atoms with Crippen LogP contribution in [0.4, 0.5) is 5.69 Å². The maximum atomic E-state index is 12.9. The molecule has 9 heteroatoms. The molecule has 0 saturated carbocycles. The second-order valence-corrected chi connectivity index (χ2v) is 9.52. The number of benzene rings is 4.